The van der Waals surface area contributed by atoms with E-state index in [4.69, 9.17) is 0 Å². The van der Waals surface area contributed by atoms with Gasteiger partial charge >= 0.3 is 0 Å². The lowest BCUT2D eigenvalue weighted by molar-refractivity contribution is -0.122. The number of Topliss-reactive ketones (excluding diaryl/α,β-unsaturated/α-hetero) is 1. The standard InChI is InChI=1S/C9H18O/c1-6(2)7(3)8(4)9(5)10/h6-8H,1-5H3/t7-,8+/m1/s1. The molecular formula is C9H18O. The number of rotatable bonds is 3. The molecule has 10 heavy (non-hydrogen) atoms. The molecule has 0 unspecified atom stereocenters. The van der Waals surface area contributed by atoms with E-state index >= 15 is 0 Å². The van der Waals surface area contributed by atoms with E-state index in [9.17, 15) is 4.79 Å². The third kappa shape index (κ3) is 2.51. The summed E-state index contributed by atoms with van der Waals surface area (Å²) >= 11 is 0. The minimum atomic E-state index is 0.222. The second-order valence-corrected chi connectivity index (χ2v) is 3.50. The first kappa shape index (κ1) is 9.67. The van der Waals surface area contributed by atoms with Crippen molar-refractivity contribution in [3.05, 3.63) is 0 Å². The molecule has 60 valence electrons. The molecule has 0 bridgehead atoms. The van der Waals surface area contributed by atoms with Crippen molar-refractivity contribution in [2.75, 3.05) is 0 Å². The normalized spacial score (nSPS) is 17.0. The molecule has 0 fully saturated rings. The van der Waals surface area contributed by atoms with Crippen LogP contribution in [0.4, 0.5) is 0 Å². The van der Waals surface area contributed by atoms with Crippen LogP contribution in [-0.2, 0) is 4.79 Å². The molecule has 1 heteroatoms. The highest BCUT2D eigenvalue weighted by molar-refractivity contribution is 5.78. The van der Waals surface area contributed by atoms with E-state index in [1.54, 1.807) is 6.92 Å². The van der Waals surface area contributed by atoms with Gasteiger partial charge in [-0.15, -0.1) is 0 Å². The van der Waals surface area contributed by atoms with Crippen molar-refractivity contribution >= 4 is 5.78 Å². The molecule has 1 nitrogen and oxygen atoms in total. The van der Waals surface area contributed by atoms with Crippen LogP contribution in [-0.4, -0.2) is 5.78 Å². The Hall–Kier alpha value is -0.330. The summed E-state index contributed by atoms with van der Waals surface area (Å²) in [6.07, 6.45) is 0. The first-order valence-corrected chi connectivity index (χ1v) is 3.97. The minimum absolute atomic E-state index is 0.222. The molecule has 0 aliphatic heterocycles. The molecule has 0 aromatic carbocycles. The first-order valence-electron chi connectivity index (χ1n) is 3.97. The van der Waals surface area contributed by atoms with E-state index in [2.05, 4.69) is 20.8 Å². The highest BCUT2D eigenvalue weighted by atomic mass is 16.1. The molecule has 0 aromatic rings. The van der Waals surface area contributed by atoms with Gasteiger partial charge in [-0.3, -0.25) is 4.79 Å². The molecule has 0 N–H and O–H groups in total. The van der Waals surface area contributed by atoms with Crippen LogP contribution in [0.1, 0.15) is 34.6 Å². The minimum Gasteiger partial charge on any atom is -0.300 e. The van der Waals surface area contributed by atoms with E-state index in [1.165, 1.54) is 0 Å². The van der Waals surface area contributed by atoms with Crippen molar-refractivity contribution < 1.29 is 4.79 Å². The highest BCUT2D eigenvalue weighted by Gasteiger charge is 2.18. The molecule has 0 saturated carbocycles. The van der Waals surface area contributed by atoms with Crippen molar-refractivity contribution in [1.29, 1.82) is 0 Å². The maximum absolute atomic E-state index is 10.9. The van der Waals surface area contributed by atoms with E-state index < -0.39 is 0 Å². The van der Waals surface area contributed by atoms with Crippen LogP contribution >= 0.6 is 0 Å². The molecule has 0 rings (SSSR count). The predicted molar refractivity (Wildman–Crippen MR) is 43.8 cm³/mol. The fourth-order valence-corrected chi connectivity index (χ4v) is 0.948. The van der Waals surface area contributed by atoms with Crippen molar-refractivity contribution in [1.82, 2.24) is 0 Å². The van der Waals surface area contributed by atoms with Crippen LogP contribution < -0.4 is 0 Å². The van der Waals surface area contributed by atoms with Gasteiger partial charge in [-0.2, -0.15) is 0 Å². The molecule has 2 atom stereocenters. The van der Waals surface area contributed by atoms with Crippen LogP contribution in [0.5, 0.6) is 0 Å². The molecule has 0 spiro atoms. The second-order valence-electron chi connectivity index (χ2n) is 3.50. The quantitative estimate of drug-likeness (QED) is 0.591. The zero-order valence-electron chi connectivity index (χ0n) is 7.64. The van der Waals surface area contributed by atoms with Crippen LogP contribution in [0.3, 0.4) is 0 Å². The SMILES string of the molecule is CC(=O)[C@@H](C)[C@H](C)C(C)C. The summed E-state index contributed by atoms with van der Waals surface area (Å²) in [5.74, 6) is 1.65. The lowest BCUT2D eigenvalue weighted by Crippen LogP contribution is -2.20. The van der Waals surface area contributed by atoms with Crippen molar-refractivity contribution in [3.63, 3.8) is 0 Å². The fraction of sp³-hybridized carbons (Fsp3) is 0.889. The van der Waals surface area contributed by atoms with Crippen molar-refractivity contribution in [2.24, 2.45) is 17.8 Å². The predicted octanol–water partition coefficient (Wildman–Crippen LogP) is 2.50. The number of carbonyl (C=O) groups excluding carboxylic acids is 1. The van der Waals surface area contributed by atoms with Gasteiger partial charge in [-0.25, -0.2) is 0 Å². The van der Waals surface area contributed by atoms with E-state index in [1.807, 2.05) is 6.92 Å². The molecule has 0 saturated heterocycles. The summed E-state index contributed by atoms with van der Waals surface area (Å²) in [5.41, 5.74) is 0. The molecule has 0 heterocycles. The van der Waals surface area contributed by atoms with Gasteiger partial charge in [0, 0.05) is 5.92 Å². The Kier molecular flexibility index (Phi) is 3.62. The van der Waals surface area contributed by atoms with Gasteiger partial charge in [-0.05, 0) is 18.8 Å². The zero-order chi connectivity index (χ0) is 8.31. The summed E-state index contributed by atoms with van der Waals surface area (Å²) in [6.45, 7) is 10.1. The van der Waals surface area contributed by atoms with E-state index in [0.29, 0.717) is 17.6 Å². The van der Waals surface area contributed by atoms with Crippen molar-refractivity contribution in [2.45, 2.75) is 34.6 Å². The Labute approximate surface area is 63.8 Å². The Bertz CT molecular complexity index is 116. The monoisotopic (exact) mass is 142 g/mol. The number of hydrogen-bond donors (Lipinski definition) is 0. The van der Waals surface area contributed by atoms with Gasteiger partial charge in [0.25, 0.3) is 0 Å². The topological polar surface area (TPSA) is 17.1 Å². The Morgan fingerprint density at radius 3 is 1.60 bits per heavy atom. The molecular weight excluding hydrogens is 124 g/mol. The number of ketones is 1. The Morgan fingerprint density at radius 1 is 1.10 bits per heavy atom. The van der Waals surface area contributed by atoms with Crippen molar-refractivity contribution in [3.8, 4) is 0 Å². The van der Waals surface area contributed by atoms with Gasteiger partial charge in [0.05, 0.1) is 0 Å². The second kappa shape index (κ2) is 3.75. The lowest BCUT2D eigenvalue weighted by atomic mass is 9.84. The molecule has 0 aliphatic rings. The number of hydrogen-bond acceptors (Lipinski definition) is 1. The summed E-state index contributed by atoms with van der Waals surface area (Å²) in [5, 5.41) is 0. The van der Waals surface area contributed by atoms with E-state index in [-0.39, 0.29) is 5.92 Å². The summed E-state index contributed by atoms with van der Waals surface area (Å²) in [6, 6.07) is 0. The van der Waals surface area contributed by atoms with Gasteiger partial charge in [0.2, 0.25) is 0 Å². The molecule has 0 amide bonds. The highest BCUT2D eigenvalue weighted by Crippen LogP contribution is 2.20. The van der Waals surface area contributed by atoms with Gasteiger partial charge < -0.3 is 0 Å². The van der Waals surface area contributed by atoms with E-state index in [0.717, 1.165) is 0 Å². The summed E-state index contributed by atoms with van der Waals surface area (Å²) < 4.78 is 0. The molecule has 0 aromatic heterocycles. The maximum Gasteiger partial charge on any atom is 0.132 e. The smallest absolute Gasteiger partial charge is 0.132 e. The largest absolute Gasteiger partial charge is 0.300 e. The van der Waals surface area contributed by atoms with Crippen LogP contribution in [0.2, 0.25) is 0 Å². The maximum atomic E-state index is 10.9. The van der Waals surface area contributed by atoms with Crippen LogP contribution in [0.15, 0.2) is 0 Å². The zero-order valence-corrected chi connectivity index (χ0v) is 7.64. The Balaban J connectivity index is 3.94. The average Bonchev–Trinajstić information content (AvgIpc) is 1.84. The van der Waals surface area contributed by atoms with Gasteiger partial charge in [-0.1, -0.05) is 27.7 Å². The van der Waals surface area contributed by atoms with Gasteiger partial charge in [0.15, 0.2) is 0 Å². The first-order chi connectivity index (χ1) is 4.46. The third-order valence-corrected chi connectivity index (χ3v) is 2.48. The lowest BCUT2D eigenvalue weighted by Gasteiger charge is -2.20. The number of carbonyl (C=O) groups is 1. The Morgan fingerprint density at radius 2 is 1.50 bits per heavy atom. The van der Waals surface area contributed by atoms with Crippen LogP contribution in [0, 0.1) is 17.8 Å². The molecule has 0 aliphatic carbocycles. The van der Waals surface area contributed by atoms with Crippen LogP contribution in [0.25, 0.3) is 0 Å². The fourth-order valence-electron chi connectivity index (χ4n) is 0.948. The van der Waals surface area contributed by atoms with Gasteiger partial charge in [0.1, 0.15) is 5.78 Å². The summed E-state index contributed by atoms with van der Waals surface area (Å²) in [4.78, 5) is 10.9. The molecule has 0 radical (unpaired) electrons. The summed E-state index contributed by atoms with van der Waals surface area (Å²) in [7, 11) is 0. The third-order valence-electron chi connectivity index (χ3n) is 2.48. The average molecular weight is 142 g/mol.